The summed E-state index contributed by atoms with van der Waals surface area (Å²) in [6, 6.07) is 7.85. The lowest BCUT2D eigenvalue weighted by molar-refractivity contribution is -0.00752. The molecule has 2 heterocycles. The highest BCUT2D eigenvalue weighted by molar-refractivity contribution is 5.95. The topological polar surface area (TPSA) is 109 Å². The first-order valence-electron chi connectivity index (χ1n) is 9.49. The van der Waals surface area contributed by atoms with E-state index in [1.807, 2.05) is 0 Å². The Morgan fingerprint density at radius 2 is 2.21 bits per heavy atom. The first kappa shape index (κ1) is 20.8. The van der Waals surface area contributed by atoms with Crippen LogP contribution in [0.25, 0.3) is 0 Å². The number of benzene rings is 1. The third-order valence-corrected chi connectivity index (χ3v) is 4.83. The van der Waals surface area contributed by atoms with E-state index in [1.54, 1.807) is 35.4 Å². The van der Waals surface area contributed by atoms with Crippen LogP contribution in [0.15, 0.2) is 36.5 Å². The lowest BCUT2D eigenvalue weighted by Gasteiger charge is -2.36. The van der Waals surface area contributed by atoms with E-state index in [-0.39, 0.29) is 36.5 Å². The summed E-state index contributed by atoms with van der Waals surface area (Å²) in [5.74, 6) is 0.0103. The van der Waals surface area contributed by atoms with E-state index in [0.717, 1.165) is 0 Å². The maximum atomic E-state index is 13.1. The standard InChI is InChI=1S/C21H24N2O6/c24-10-6-18-16(3-2-8-22-18)21(27)23-9-12-28-14-15(23)7-11-29-20-5-1-4-19(26)17(20)13-25/h1-5,8,13,15,24,26H,6-7,9-12,14H2/t15-/m1/s1. The first-order valence-corrected chi connectivity index (χ1v) is 9.49. The van der Waals surface area contributed by atoms with Crippen molar-refractivity contribution < 1.29 is 29.3 Å². The molecule has 2 aromatic rings. The van der Waals surface area contributed by atoms with Crippen molar-refractivity contribution >= 4 is 12.2 Å². The Bertz CT molecular complexity index is 857. The number of ether oxygens (including phenoxy) is 2. The number of nitrogens with zero attached hydrogens (tertiary/aromatic N) is 2. The zero-order valence-electron chi connectivity index (χ0n) is 16.0. The van der Waals surface area contributed by atoms with Gasteiger partial charge in [0.2, 0.25) is 0 Å². The normalized spacial score (nSPS) is 16.4. The van der Waals surface area contributed by atoms with Crippen LogP contribution in [0.5, 0.6) is 11.5 Å². The number of pyridine rings is 1. The van der Waals surface area contributed by atoms with Crippen molar-refractivity contribution in [2.24, 2.45) is 0 Å². The molecule has 1 fully saturated rings. The van der Waals surface area contributed by atoms with Gasteiger partial charge in [-0.05, 0) is 24.3 Å². The predicted octanol–water partition coefficient (Wildman–Crippen LogP) is 1.44. The molecule has 1 aromatic heterocycles. The van der Waals surface area contributed by atoms with Crippen LogP contribution < -0.4 is 4.74 Å². The average Bonchev–Trinajstić information content (AvgIpc) is 2.74. The maximum absolute atomic E-state index is 13.1. The molecule has 0 aliphatic carbocycles. The number of morpholine rings is 1. The minimum absolute atomic E-state index is 0.0827. The van der Waals surface area contributed by atoms with Crippen molar-refractivity contribution in [2.75, 3.05) is 33.0 Å². The third kappa shape index (κ3) is 4.90. The summed E-state index contributed by atoms with van der Waals surface area (Å²) in [4.78, 5) is 30.2. The van der Waals surface area contributed by atoms with Gasteiger partial charge in [0, 0.05) is 32.2 Å². The van der Waals surface area contributed by atoms with E-state index in [2.05, 4.69) is 4.98 Å². The number of aliphatic hydroxyl groups excluding tert-OH is 1. The van der Waals surface area contributed by atoms with Gasteiger partial charge in [-0.1, -0.05) is 6.07 Å². The number of phenolic OH excluding ortho intramolecular Hbond substituents is 1. The molecule has 29 heavy (non-hydrogen) atoms. The zero-order chi connectivity index (χ0) is 20.6. The number of carbonyl (C=O) groups is 2. The second-order valence-corrected chi connectivity index (χ2v) is 6.64. The van der Waals surface area contributed by atoms with Crippen LogP contribution in [-0.2, 0) is 11.2 Å². The van der Waals surface area contributed by atoms with Crippen LogP contribution >= 0.6 is 0 Å². The fourth-order valence-corrected chi connectivity index (χ4v) is 3.34. The summed E-state index contributed by atoms with van der Waals surface area (Å²) in [6.45, 7) is 1.44. The van der Waals surface area contributed by atoms with Crippen molar-refractivity contribution in [1.82, 2.24) is 9.88 Å². The van der Waals surface area contributed by atoms with Crippen LogP contribution in [0.4, 0.5) is 0 Å². The van der Waals surface area contributed by atoms with Crippen molar-refractivity contribution in [3.63, 3.8) is 0 Å². The van der Waals surface area contributed by atoms with E-state index in [9.17, 15) is 19.8 Å². The smallest absolute Gasteiger partial charge is 0.256 e. The van der Waals surface area contributed by atoms with Crippen LogP contribution in [0.3, 0.4) is 0 Å². The first-order chi connectivity index (χ1) is 14.2. The Balaban J connectivity index is 1.68. The molecular weight excluding hydrogens is 376 g/mol. The lowest BCUT2D eigenvalue weighted by atomic mass is 10.1. The van der Waals surface area contributed by atoms with Crippen LogP contribution in [0.2, 0.25) is 0 Å². The number of amides is 1. The number of rotatable bonds is 8. The van der Waals surface area contributed by atoms with Gasteiger partial charge in [-0.15, -0.1) is 0 Å². The molecule has 0 bridgehead atoms. The highest BCUT2D eigenvalue weighted by atomic mass is 16.5. The Morgan fingerprint density at radius 3 is 3.00 bits per heavy atom. The number of aliphatic hydroxyl groups is 1. The summed E-state index contributed by atoms with van der Waals surface area (Å²) < 4.78 is 11.2. The lowest BCUT2D eigenvalue weighted by Crippen LogP contribution is -2.49. The number of carbonyl (C=O) groups excluding carboxylic acids is 2. The molecular formula is C21H24N2O6. The number of aromatic hydroxyl groups is 1. The van der Waals surface area contributed by atoms with Gasteiger partial charge in [0.1, 0.15) is 11.5 Å². The molecule has 1 amide bonds. The Labute approximate surface area is 168 Å². The number of phenols is 1. The summed E-state index contributed by atoms with van der Waals surface area (Å²) in [7, 11) is 0. The quantitative estimate of drug-likeness (QED) is 0.646. The SMILES string of the molecule is O=Cc1c(O)cccc1OCC[C@@H]1COCCN1C(=O)c1cccnc1CCO. The minimum atomic E-state index is -0.199. The van der Waals surface area contributed by atoms with Crippen molar-refractivity contribution in [3.8, 4) is 11.5 Å². The van der Waals surface area contributed by atoms with Crippen LogP contribution in [0.1, 0.15) is 32.8 Å². The van der Waals surface area contributed by atoms with Gasteiger partial charge in [0.15, 0.2) is 6.29 Å². The van der Waals surface area contributed by atoms with Gasteiger partial charge < -0.3 is 24.6 Å². The fraction of sp³-hybridized carbons (Fsp3) is 0.381. The number of aldehydes is 1. The Hall–Kier alpha value is -2.97. The molecule has 0 saturated carbocycles. The van der Waals surface area contributed by atoms with Crippen LogP contribution in [-0.4, -0.2) is 71.3 Å². The average molecular weight is 400 g/mol. The van der Waals surface area contributed by atoms with Gasteiger partial charge in [-0.3, -0.25) is 14.6 Å². The number of aromatic nitrogens is 1. The van der Waals surface area contributed by atoms with E-state index in [1.165, 1.54) is 6.07 Å². The summed E-state index contributed by atoms with van der Waals surface area (Å²) in [5, 5.41) is 19.0. The third-order valence-electron chi connectivity index (χ3n) is 4.83. The van der Waals surface area contributed by atoms with E-state index in [4.69, 9.17) is 9.47 Å². The van der Waals surface area contributed by atoms with E-state index < -0.39 is 0 Å². The monoisotopic (exact) mass is 400 g/mol. The minimum Gasteiger partial charge on any atom is -0.507 e. The Kier molecular flexibility index (Phi) is 7.15. The number of hydrogen-bond donors (Lipinski definition) is 2. The largest absolute Gasteiger partial charge is 0.507 e. The second-order valence-electron chi connectivity index (χ2n) is 6.64. The molecule has 2 N–H and O–H groups in total. The molecule has 8 heteroatoms. The van der Waals surface area contributed by atoms with Gasteiger partial charge in [-0.2, -0.15) is 0 Å². The second kappa shape index (κ2) is 9.99. The molecule has 3 rings (SSSR count). The summed E-state index contributed by atoms with van der Waals surface area (Å²) in [6.07, 6.45) is 2.96. The van der Waals surface area contributed by atoms with Crippen molar-refractivity contribution in [1.29, 1.82) is 0 Å². The Morgan fingerprint density at radius 1 is 1.34 bits per heavy atom. The molecule has 0 radical (unpaired) electrons. The highest BCUT2D eigenvalue weighted by Gasteiger charge is 2.29. The molecule has 154 valence electrons. The molecule has 1 aliphatic rings. The van der Waals surface area contributed by atoms with Gasteiger partial charge in [0.25, 0.3) is 5.91 Å². The maximum Gasteiger partial charge on any atom is 0.256 e. The molecule has 1 saturated heterocycles. The summed E-state index contributed by atoms with van der Waals surface area (Å²) >= 11 is 0. The molecule has 8 nitrogen and oxygen atoms in total. The molecule has 1 aromatic carbocycles. The van der Waals surface area contributed by atoms with Gasteiger partial charge in [-0.25, -0.2) is 0 Å². The van der Waals surface area contributed by atoms with E-state index in [0.29, 0.717) is 55.9 Å². The molecule has 1 aliphatic heterocycles. The van der Waals surface area contributed by atoms with Crippen molar-refractivity contribution in [2.45, 2.75) is 18.9 Å². The van der Waals surface area contributed by atoms with E-state index >= 15 is 0 Å². The fourth-order valence-electron chi connectivity index (χ4n) is 3.34. The van der Waals surface area contributed by atoms with Gasteiger partial charge in [0.05, 0.1) is 42.7 Å². The summed E-state index contributed by atoms with van der Waals surface area (Å²) in [5.41, 5.74) is 1.15. The van der Waals surface area contributed by atoms with Crippen LogP contribution in [0, 0.1) is 0 Å². The molecule has 0 unspecified atom stereocenters. The highest BCUT2D eigenvalue weighted by Crippen LogP contribution is 2.26. The zero-order valence-corrected chi connectivity index (χ0v) is 16.0. The molecule has 0 spiro atoms. The molecule has 1 atom stereocenters. The van der Waals surface area contributed by atoms with Gasteiger partial charge >= 0.3 is 0 Å². The predicted molar refractivity (Wildman–Crippen MR) is 104 cm³/mol. The number of hydrogen-bond acceptors (Lipinski definition) is 7. The van der Waals surface area contributed by atoms with Crippen molar-refractivity contribution in [3.05, 3.63) is 53.3 Å².